The van der Waals surface area contributed by atoms with Crippen LogP contribution in [0.5, 0.6) is 0 Å². The maximum absolute atomic E-state index is 12.3. The highest BCUT2D eigenvalue weighted by Gasteiger charge is 2.61. The maximum atomic E-state index is 12.3. The van der Waals surface area contributed by atoms with Gasteiger partial charge in [0.2, 0.25) is 0 Å². The quantitative estimate of drug-likeness (QED) is 0.499. The number of halogens is 1. The lowest BCUT2D eigenvalue weighted by molar-refractivity contribution is -0.180. The number of carbonyl (C=O) groups excluding carboxylic acids is 1. The van der Waals surface area contributed by atoms with Crippen LogP contribution in [0.2, 0.25) is 0 Å². The third-order valence-electron chi connectivity index (χ3n) is 4.53. The lowest BCUT2D eigenvalue weighted by atomic mass is 9.72. The lowest BCUT2D eigenvalue weighted by Crippen LogP contribution is -2.49. The van der Waals surface area contributed by atoms with Gasteiger partial charge in [-0.1, -0.05) is 12.2 Å². The molecular weight excluding hydrogens is 331 g/mol. The topological polar surface area (TPSA) is 35.5 Å². The lowest BCUT2D eigenvalue weighted by Gasteiger charge is -2.41. The van der Waals surface area contributed by atoms with Crippen molar-refractivity contribution in [3.05, 3.63) is 21.8 Å². The Labute approximate surface area is 113 Å². The van der Waals surface area contributed by atoms with Crippen LogP contribution in [0, 0.1) is 23.7 Å². The van der Waals surface area contributed by atoms with Gasteiger partial charge in [-0.25, -0.2) is 0 Å². The molecule has 0 N–H and O–H groups in total. The molecule has 2 fully saturated rings. The van der Waals surface area contributed by atoms with E-state index in [1.54, 1.807) is 0 Å². The molecule has 0 radical (unpaired) electrons. The van der Waals surface area contributed by atoms with Crippen LogP contribution >= 0.6 is 22.6 Å². The summed E-state index contributed by atoms with van der Waals surface area (Å²) < 4.78 is 12.5. The van der Waals surface area contributed by atoms with Gasteiger partial charge >= 0.3 is 0 Å². The first-order chi connectivity index (χ1) is 8.21. The molecule has 4 heteroatoms. The van der Waals surface area contributed by atoms with E-state index >= 15 is 0 Å². The van der Waals surface area contributed by atoms with Crippen LogP contribution in [-0.4, -0.2) is 24.8 Å². The van der Waals surface area contributed by atoms with E-state index in [0.29, 0.717) is 25.0 Å². The van der Waals surface area contributed by atoms with Crippen LogP contribution in [0.3, 0.4) is 0 Å². The zero-order chi connectivity index (χ0) is 11.6. The van der Waals surface area contributed by atoms with Crippen molar-refractivity contribution < 1.29 is 14.3 Å². The molecule has 17 heavy (non-hydrogen) atoms. The molecule has 0 aromatic carbocycles. The average Bonchev–Trinajstić information content (AvgIpc) is 3.00. The molecule has 1 aliphatic heterocycles. The minimum Gasteiger partial charge on any atom is -0.344 e. The number of rotatable bonds is 0. The fourth-order valence-corrected chi connectivity index (χ4v) is 4.74. The summed E-state index contributed by atoms with van der Waals surface area (Å²) >= 11 is 2.13. The molecule has 1 saturated carbocycles. The molecular formula is C13H13IO3. The van der Waals surface area contributed by atoms with E-state index in [1.807, 2.05) is 6.08 Å². The molecule has 4 atom stereocenters. The van der Waals surface area contributed by atoms with Gasteiger partial charge in [-0.05, 0) is 46.9 Å². The van der Waals surface area contributed by atoms with Crippen molar-refractivity contribution in [1.82, 2.24) is 0 Å². The van der Waals surface area contributed by atoms with Gasteiger partial charge in [0.15, 0.2) is 11.6 Å². The molecule has 90 valence electrons. The van der Waals surface area contributed by atoms with Crippen molar-refractivity contribution in [2.45, 2.75) is 12.2 Å². The van der Waals surface area contributed by atoms with Gasteiger partial charge in [-0.2, -0.15) is 0 Å². The highest BCUT2D eigenvalue weighted by molar-refractivity contribution is 14.1. The fourth-order valence-electron chi connectivity index (χ4n) is 3.95. The summed E-state index contributed by atoms with van der Waals surface area (Å²) in [4.78, 5) is 12.3. The first-order valence-electron chi connectivity index (χ1n) is 6.10. The van der Waals surface area contributed by atoms with Crippen molar-refractivity contribution in [3.8, 4) is 0 Å². The predicted octanol–water partition coefficient (Wildman–Crippen LogP) is 2.07. The molecule has 3 nitrogen and oxygen atoms in total. The minimum absolute atomic E-state index is 0.0833. The molecule has 0 amide bonds. The number of fused-ring (bicyclic) bond motifs is 6. The molecule has 1 saturated heterocycles. The van der Waals surface area contributed by atoms with Crippen LogP contribution < -0.4 is 0 Å². The number of Topliss-reactive ketones (excluding diaryl/α,β-unsaturated/α-hetero) is 1. The standard InChI is InChI=1S/C13H13IO3/c14-9-6-13(16-3-4-17-13)11-8-2-1-7(5-8)10(11)12(9)15/h1-2,6-8,10-11H,3-5H2/t7-,8+,10-,11-/m0/s1. The van der Waals surface area contributed by atoms with Gasteiger partial charge < -0.3 is 9.47 Å². The van der Waals surface area contributed by atoms with Crippen LogP contribution in [0.25, 0.3) is 0 Å². The molecule has 4 rings (SSSR count). The van der Waals surface area contributed by atoms with Gasteiger partial charge in [-0.15, -0.1) is 0 Å². The third kappa shape index (κ3) is 1.26. The molecule has 1 heterocycles. The first kappa shape index (κ1) is 10.7. The second kappa shape index (κ2) is 3.42. The number of ketones is 1. The summed E-state index contributed by atoms with van der Waals surface area (Å²) in [5.74, 6) is 0.816. The zero-order valence-electron chi connectivity index (χ0n) is 9.27. The van der Waals surface area contributed by atoms with E-state index in [2.05, 4.69) is 34.7 Å². The van der Waals surface area contributed by atoms with Crippen LogP contribution in [-0.2, 0) is 14.3 Å². The Morgan fingerprint density at radius 3 is 2.71 bits per heavy atom. The second-order valence-corrected chi connectivity index (χ2v) is 6.44. The molecule has 2 bridgehead atoms. The summed E-state index contributed by atoms with van der Waals surface area (Å²) in [6.45, 7) is 1.28. The largest absolute Gasteiger partial charge is 0.344 e. The van der Waals surface area contributed by atoms with Crippen LogP contribution in [0.4, 0.5) is 0 Å². The maximum Gasteiger partial charge on any atom is 0.193 e. The summed E-state index contributed by atoms with van der Waals surface area (Å²) in [5.41, 5.74) is 0. The Hall–Kier alpha value is -0.200. The van der Waals surface area contributed by atoms with Crippen LogP contribution in [0.1, 0.15) is 6.42 Å². The van der Waals surface area contributed by atoms with Crippen LogP contribution in [0.15, 0.2) is 21.8 Å². The summed E-state index contributed by atoms with van der Waals surface area (Å²) in [6.07, 6.45) is 7.46. The predicted molar refractivity (Wildman–Crippen MR) is 69.5 cm³/mol. The van der Waals surface area contributed by atoms with E-state index in [9.17, 15) is 4.79 Å². The SMILES string of the molecule is O=C1C(I)=CC2(OCCO2)[C@@H]2[C@@H]1[C@H]1C=C[C@@H]2C1. The van der Waals surface area contributed by atoms with E-state index < -0.39 is 5.79 Å². The van der Waals surface area contributed by atoms with Crippen molar-refractivity contribution in [1.29, 1.82) is 0 Å². The van der Waals surface area contributed by atoms with Crippen molar-refractivity contribution in [2.75, 3.05) is 13.2 Å². The highest BCUT2D eigenvalue weighted by Crippen LogP contribution is 2.58. The molecule has 0 unspecified atom stereocenters. The number of allylic oxidation sites excluding steroid dienone is 3. The monoisotopic (exact) mass is 344 g/mol. The number of carbonyl (C=O) groups is 1. The zero-order valence-corrected chi connectivity index (χ0v) is 11.4. The Morgan fingerprint density at radius 2 is 1.94 bits per heavy atom. The average molecular weight is 344 g/mol. The number of hydrogen-bond donors (Lipinski definition) is 0. The van der Waals surface area contributed by atoms with Gasteiger partial charge in [0.25, 0.3) is 0 Å². The molecule has 3 aliphatic carbocycles. The van der Waals surface area contributed by atoms with Gasteiger partial charge in [0.1, 0.15) is 0 Å². The molecule has 4 aliphatic rings. The Balaban J connectivity index is 1.86. The van der Waals surface area contributed by atoms with Crippen molar-refractivity contribution in [3.63, 3.8) is 0 Å². The summed E-state index contributed by atoms with van der Waals surface area (Å²) in [5, 5.41) is 0. The summed E-state index contributed by atoms with van der Waals surface area (Å²) in [6, 6.07) is 0. The summed E-state index contributed by atoms with van der Waals surface area (Å²) in [7, 11) is 0. The number of ether oxygens (including phenoxy) is 2. The highest BCUT2D eigenvalue weighted by atomic mass is 127. The van der Waals surface area contributed by atoms with E-state index in [1.165, 1.54) is 0 Å². The smallest absolute Gasteiger partial charge is 0.193 e. The van der Waals surface area contributed by atoms with E-state index in [4.69, 9.17) is 9.47 Å². The fraction of sp³-hybridized carbons (Fsp3) is 0.615. The first-order valence-corrected chi connectivity index (χ1v) is 7.18. The second-order valence-electron chi connectivity index (χ2n) is 5.27. The van der Waals surface area contributed by atoms with Gasteiger partial charge in [0, 0.05) is 11.8 Å². The third-order valence-corrected chi connectivity index (χ3v) is 5.37. The van der Waals surface area contributed by atoms with E-state index in [0.717, 1.165) is 10.0 Å². The molecule has 0 aromatic rings. The Bertz CT molecular complexity index is 448. The van der Waals surface area contributed by atoms with Gasteiger partial charge in [0.05, 0.1) is 16.8 Å². The molecule has 0 aromatic heterocycles. The Kier molecular flexibility index (Phi) is 2.15. The van der Waals surface area contributed by atoms with Crippen molar-refractivity contribution >= 4 is 28.4 Å². The number of hydrogen-bond acceptors (Lipinski definition) is 3. The normalized spacial score (nSPS) is 45.5. The van der Waals surface area contributed by atoms with E-state index in [-0.39, 0.29) is 17.6 Å². The Morgan fingerprint density at radius 1 is 1.24 bits per heavy atom. The molecule has 1 spiro atoms. The van der Waals surface area contributed by atoms with Crippen molar-refractivity contribution in [2.24, 2.45) is 23.7 Å². The minimum atomic E-state index is -0.612. The van der Waals surface area contributed by atoms with Gasteiger partial charge in [-0.3, -0.25) is 4.79 Å².